The van der Waals surface area contributed by atoms with Crippen molar-refractivity contribution in [2.75, 3.05) is 13.1 Å². The first kappa shape index (κ1) is 15.8. The molecule has 5 heteroatoms. The van der Waals surface area contributed by atoms with E-state index in [-0.39, 0.29) is 12.5 Å². The van der Waals surface area contributed by atoms with E-state index >= 15 is 0 Å². The Morgan fingerprint density at radius 3 is 2.57 bits per heavy atom. The minimum atomic E-state index is -0.615. The number of hydrogen-bond donors (Lipinski definition) is 1. The van der Waals surface area contributed by atoms with Crippen LogP contribution in [-0.2, 0) is 11.3 Å². The predicted octanol–water partition coefficient (Wildman–Crippen LogP) is 2.45. The van der Waals surface area contributed by atoms with Crippen molar-refractivity contribution >= 4 is 5.91 Å². The Bertz CT molecular complexity index is 485. The van der Waals surface area contributed by atoms with Crippen molar-refractivity contribution in [2.24, 2.45) is 5.73 Å². The monoisotopic (exact) mass is 294 g/mol. The maximum atomic E-state index is 13.4. The third-order valence-electron chi connectivity index (χ3n) is 3.75. The zero-order chi connectivity index (χ0) is 15.2. The normalized spacial score (nSPS) is 17.2. The lowest BCUT2D eigenvalue weighted by Gasteiger charge is -2.24. The summed E-state index contributed by atoms with van der Waals surface area (Å²) in [5.41, 5.74) is 6.17. The summed E-state index contributed by atoms with van der Waals surface area (Å²) < 4.78 is 19.1. The number of carbonyl (C=O) groups excluding carboxylic acids is 1. The molecule has 0 saturated carbocycles. The van der Waals surface area contributed by atoms with Crippen LogP contribution in [0.5, 0.6) is 5.75 Å². The van der Waals surface area contributed by atoms with E-state index in [0.717, 1.165) is 25.9 Å². The van der Waals surface area contributed by atoms with Crippen molar-refractivity contribution in [3.05, 3.63) is 29.6 Å². The number of likely N-dealkylation sites (tertiary alicyclic amines) is 1. The van der Waals surface area contributed by atoms with Crippen LogP contribution in [0.3, 0.4) is 0 Å². The van der Waals surface area contributed by atoms with E-state index in [1.54, 1.807) is 13.0 Å². The van der Waals surface area contributed by atoms with Crippen molar-refractivity contribution in [3.63, 3.8) is 0 Å². The number of nitrogens with zero attached hydrogens (tertiary/aromatic N) is 1. The number of amides is 1. The van der Waals surface area contributed by atoms with E-state index in [1.807, 2.05) is 4.90 Å². The number of rotatable bonds is 4. The second kappa shape index (κ2) is 7.41. The van der Waals surface area contributed by atoms with Gasteiger partial charge < -0.3 is 15.4 Å². The molecular weight excluding hydrogens is 271 g/mol. The SMILES string of the molecule is CC(Oc1cc(F)cc(CN)c1)C(=O)N1CCCCCC1. The Balaban J connectivity index is 2.01. The van der Waals surface area contributed by atoms with Crippen LogP contribution >= 0.6 is 0 Å². The molecule has 1 aliphatic rings. The molecule has 0 radical (unpaired) electrons. The molecule has 1 amide bonds. The maximum absolute atomic E-state index is 13.4. The molecule has 1 fully saturated rings. The molecule has 1 aliphatic heterocycles. The van der Waals surface area contributed by atoms with Crippen LogP contribution in [0.2, 0.25) is 0 Å². The van der Waals surface area contributed by atoms with Gasteiger partial charge in [0, 0.05) is 25.7 Å². The maximum Gasteiger partial charge on any atom is 0.263 e. The van der Waals surface area contributed by atoms with E-state index in [4.69, 9.17) is 10.5 Å². The first-order valence-corrected chi connectivity index (χ1v) is 7.55. The standard InChI is InChI=1S/C16H23FN2O2/c1-12(16(20)19-6-4-2-3-5-7-19)21-15-9-13(11-18)8-14(17)10-15/h8-10,12H,2-7,11,18H2,1H3. The van der Waals surface area contributed by atoms with Gasteiger partial charge in [0.05, 0.1) is 0 Å². The summed E-state index contributed by atoms with van der Waals surface area (Å²) in [5.74, 6) is -0.0797. The third kappa shape index (κ3) is 4.43. The van der Waals surface area contributed by atoms with E-state index in [0.29, 0.717) is 11.3 Å². The van der Waals surface area contributed by atoms with E-state index in [2.05, 4.69) is 0 Å². The van der Waals surface area contributed by atoms with Crippen LogP contribution in [0, 0.1) is 5.82 Å². The molecule has 1 saturated heterocycles. The number of ether oxygens (including phenoxy) is 1. The van der Waals surface area contributed by atoms with Crippen LogP contribution in [0.1, 0.15) is 38.2 Å². The summed E-state index contributed by atoms with van der Waals surface area (Å²) in [5, 5.41) is 0. The first-order valence-electron chi connectivity index (χ1n) is 7.55. The zero-order valence-corrected chi connectivity index (χ0v) is 12.5. The van der Waals surface area contributed by atoms with Gasteiger partial charge in [0.1, 0.15) is 11.6 Å². The molecule has 1 aromatic carbocycles. The number of nitrogens with two attached hydrogens (primary N) is 1. The fourth-order valence-corrected chi connectivity index (χ4v) is 2.61. The average Bonchev–Trinajstić information content (AvgIpc) is 2.74. The number of carbonyl (C=O) groups is 1. The van der Waals surface area contributed by atoms with Crippen LogP contribution in [0.25, 0.3) is 0 Å². The van der Waals surface area contributed by atoms with Crippen LogP contribution in [0.15, 0.2) is 18.2 Å². The zero-order valence-electron chi connectivity index (χ0n) is 12.5. The lowest BCUT2D eigenvalue weighted by molar-refractivity contribution is -0.137. The topological polar surface area (TPSA) is 55.6 Å². The van der Waals surface area contributed by atoms with Crippen molar-refractivity contribution in [1.29, 1.82) is 0 Å². The van der Waals surface area contributed by atoms with E-state index in [9.17, 15) is 9.18 Å². The van der Waals surface area contributed by atoms with E-state index in [1.165, 1.54) is 25.0 Å². The fraction of sp³-hybridized carbons (Fsp3) is 0.562. The molecule has 21 heavy (non-hydrogen) atoms. The predicted molar refractivity (Wildman–Crippen MR) is 79.4 cm³/mol. The van der Waals surface area contributed by atoms with Crippen LogP contribution in [0.4, 0.5) is 4.39 Å². The highest BCUT2D eigenvalue weighted by Crippen LogP contribution is 2.19. The molecule has 0 bridgehead atoms. The summed E-state index contributed by atoms with van der Waals surface area (Å²) >= 11 is 0. The van der Waals surface area contributed by atoms with Crippen molar-refractivity contribution < 1.29 is 13.9 Å². The lowest BCUT2D eigenvalue weighted by atomic mass is 10.2. The molecule has 2 rings (SSSR count). The molecule has 1 aromatic rings. The molecule has 0 aliphatic carbocycles. The van der Waals surface area contributed by atoms with Gasteiger partial charge in [-0.15, -0.1) is 0 Å². The van der Waals surface area contributed by atoms with Gasteiger partial charge in [-0.2, -0.15) is 0 Å². The van der Waals surface area contributed by atoms with Crippen LogP contribution in [-0.4, -0.2) is 30.0 Å². The van der Waals surface area contributed by atoms with Crippen LogP contribution < -0.4 is 10.5 Å². The summed E-state index contributed by atoms with van der Waals surface area (Å²) in [6.45, 7) is 3.51. The summed E-state index contributed by atoms with van der Waals surface area (Å²) in [6.07, 6.45) is 3.80. The van der Waals surface area contributed by atoms with Gasteiger partial charge in [-0.25, -0.2) is 4.39 Å². The van der Waals surface area contributed by atoms with Crippen molar-refractivity contribution in [3.8, 4) is 5.75 Å². The number of halogens is 1. The Morgan fingerprint density at radius 1 is 1.29 bits per heavy atom. The van der Waals surface area contributed by atoms with Gasteiger partial charge >= 0.3 is 0 Å². The van der Waals surface area contributed by atoms with Gasteiger partial charge in [-0.05, 0) is 37.5 Å². The smallest absolute Gasteiger partial charge is 0.263 e. The molecule has 4 nitrogen and oxygen atoms in total. The minimum Gasteiger partial charge on any atom is -0.481 e. The summed E-state index contributed by atoms with van der Waals surface area (Å²) in [6, 6.07) is 4.33. The summed E-state index contributed by atoms with van der Waals surface area (Å²) in [4.78, 5) is 14.2. The first-order chi connectivity index (χ1) is 10.1. The largest absolute Gasteiger partial charge is 0.481 e. The lowest BCUT2D eigenvalue weighted by Crippen LogP contribution is -2.41. The van der Waals surface area contributed by atoms with Gasteiger partial charge in [0.2, 0.25) is 0 Å². The van der Waals surface area contributed by atoms with E-state index < -0.39 is 11.9 Å². The highest BCUT2D eigenvalue weighted by atomic mass is 19.1. The summed E-state index contributed by atoms with van der Waals surface area (Å²) in [7, 11) is 0. The third-order valence-corrected chi connectivity index (χ3v) is 3.75. The van der Waals surface area contributed by atoms with Gasteiger partial charge in [-0.1, -0.05) is 12.8 Å². The van der Waals surface area contributed by atoms with Gasteiger partial charge in [0.15, 0.2) is 6.10 Å². The highest BCUT2D eigenvalue weighted by molar-refractivity contribution is 5.80. The Labute approximate surface area is 125 Å². The van der Waals surface area contributed by atoms with Gasteiger partial charge in [0.25, 0.3) is 5.91 Å². The molecule has 1 heterocycles. The second-order valence-corrected chi connectivity index (χ2v) is 5.50. The Kier molecular flexibility index (Phi) is 5.56. The molecule has 0 aromatic heterocycles. The number of hydrogen-bond acceptors (Lipinski definition) is 3. The Morgan fingerprint density at radius 2 is 1.95 bits per heavy atom. The molecule has 1 unspecified atom stereocenters. The Hall–Kier alpha value is -1.62. The average molecular weight is 294 g/mol. The number of benzene rings is 1. The molecule has 116 valence electrons. The second-order valence-electron chi connectivity index (χ2n) is 5.50. The minimum absolute atomic E-state index is 0.0320. The molecule has 2 N–H and O–H groups in total. The van der Waals surface area contributed by atoms with Crippen molar-refractivity contribution in [1.82, 2.24) is 4.90 Å². The van der Waals surface area contributed by atoms with Gasteiger partial charge in [-0.3, -0.25) is 4.79 Å². The molecular formula is C16H23FN2O2. The molecule has 0 spiro atoms. The quantitative estimate of drug-likeness (QED) is 0.928. The molecule has 1 atom stereocenters. The fourth-order valence-electron chi connectivity index (χ4n) is 2.61. The highest BCUT2D eigenvalue weighted by Gasteiger charge is 2.23. The van der Waals surface area contributed by atoms with Crippen molar-refractivity contribution in [2.45, 2.75) is 45.3 Å².